The molecule has 0 aliphatic rings. The van der Waals surface area contributed by atoms with Gasteiger partial charge in [0, 0.05) is 25.7 Å². The van der Waals surface area contributed by atoms with Gasteiger partial charge in [-0.1, -0.05) is 12.1 Å². The van der Waals surface area contributed by atoms with Gasteiger partial charge in [0.05, 0.1) is 5.41 Å². The Hall–Kier alpha value is -2.04. The van der Waals surface area contributed by atoms with E-state index in [9.17, 15) is 9.59 Å². The van der Waals surface area contributed by atoms with E-state index in [1.54, 1.807) is 20.9 Å². The number of amides is 2. The van der Waals surface area contributed by atoms with Crippen molar-refractivity contribution in [2.24, 2.45) is 5.41 Å². The summed E-state index contributed by atoms with van der Waals surface area (Å²) in [4.78, 5) is 23.4. The van der Waals surface area contributed by atoms with Crippen LogP contribution >= 0.6 is 0 Å². The zero-order chi connectivity index (χ0) is 15.2. The summed E-state index contributed by atoms with van der Waals surface area (Å²) in [7, 11) is 1.59. The monoisotopic (exact) mass is 277 g/mol. The maximum absolute atomic E-state index is 11.8. The third-order valence-electron chi connectivity index (χ3n) is 3.19. The van der Waals surface area contributed by atoms with E-state index in [2.05, 4.69) is 10.6 Å². The van der Waals surface area contributed by atoms with E-state index in [0.717, 1.165) is 5.56 Å². The largest absolute Gasteiger partial charge is 0.399 e. The van der Waals surface area contributed by atoms with Crippen LogP contribution < -0.4 is 16.4 Å². The fraction of sp³-hybridized carbons (Fsp3) is 0.467. The molecule has 0 spiro atoms. The molecule has 20 heavy (non-hydrogen) atoms. The van der Waals surface area contributed by atoms with Gasteiger partial charge < -0.3 is 16.4 Å². The number of hydrogen-bond acceptors (Lipinski definition) is 3. The third kappa shape index (κ3) is 4.91. The second-order valence-corrected chi connectivity index (χ2v) is 5.48. The molecule has 0 unspecified atom stereocenters. The molecule has 4 N–H and O–H groups in total. The summed E-state index contributed by atoms with van der Waals surface area (Å²) < 4.78 is 0. The van der Waals surface area contributed by atoms with Gasteiger partial charge >= 0.3 is 0 Å². The van der Waals surface area contributed by atoms with Crippen molar-refractivity contribution in [2.75, 3.05) is 19.3 Å². The van der Waals surface area contributed by atoms with Gasteiger partial charge in [0.25, 0.3) is 0 Å². The Balaban J connectivity index is 2.37. The molecule has 5 heteroatoms. The Morgan fingerprint density at radius 3 is 2.35 bits per heavy atom. The number of carbonyl (C=O) groups is 2. The van der Waals surface area contributed by atoms with Crippen LogP contribution in [0.25, 0.3) is 0 Å². The highest BCUT2D eigenvalue weighted by Crippen LogP contribution is 2.13. The van der Waals surface area contributed by atoms with Crippen LogP contribution in [0, 0.1) is 5.41 Å². The van der Waals surface area contributed by atoms with Gasteiger partial charge in [0.2, 0.25) is 11.8 Å². The number of nitrogen functional groups attached to an aromatic ring is 1. The summed E-state index contributed by atoms with van der Waals surface area (Å²) in [6.07, 6.45) is 1.06. The number of anilines is 1. The molecule has 0 saturated heterocycles. The predicted molar refractivity (Wildman–Crippen MR) is 80.0 cm³/mol. The summed E-state index contributed by atoms with van der Waals surface area (Å²) in [6, 6.07) is 7.47. The average molecular weight is 277 g/mol. The first kappa shape index (κ1) is 16.0. The van der Waals surface area contributed by atoms with E-state index >= 15 is 0 Å². The quantitative estimate of drug-likeness (QED) is 0.681. The molecule has 0 aliphatic carbocycles. The predicted octanol–water partition coefficient (Wildman–Crippen LogP) is 1.09. The average Bonchev–Trinajstić information content (AvgIpc) is 2.43. The minimum Gasteiger partial charge on any atom is -0.399 e. The van der Waals surface area contributed by atoms with Crippen molar-refractivity contribution in [3.8, 4) is 0 Å². The topological polar surface area (TPSA) is 84.2 Å². The Kier molecular flexibility index (Phi) is 5.55. The molecule has 1 aromatic carbocycles. The molecule has 0 atom stereocenters. The van der Waals surface area contributed by atoms with Crippen molar-refractivity contribution < 1.29 is 9.59 Å². The summed E-state index contributed by atoms with van der Waals surface area (Å²) in [5.74, 6) is -0.143. The third-order valence-corrected chi connectivity index (χ3v) is 3.19. The Morgan fingerprint density at radius 2 is 1.80 bits per heavy atom. The zero-order valence-electron chi connectivity index (χ0n) is 12.3. The number of nitrogens with one attached hydrogen (secondary N) is 2. The SMILES string of the molecule is CNC(=O)C(C)(C)CNC(=O)CCc1ccc(N)cc1. The smallest absolute Gasteiger partial charge is 0.227 e. The van der Waals surface area contributed by atoms with Crippen LogP contribution in [0.3, 0.4) is 0 Å². The number of aryl methyl sites for hydroxylation is 1. The lowest BCUT2D eigenvalue weighted by Crippen LogP contribution is -2.43. The normalized spacial score (nSPS) is 10.9. The van der Waals surface area contributed by atoms with Crippen molar-refractivity contribution in [3.63, 3.8) is 0 Å². The van der Waals surface area contributed by atoms with Crippen molar-refractivity contribution in [2.45, 2.75) is 26.7 Å². The van der Waals surface area contributed by atoms with Crippen LogP contribution in [0.1, 0.15) is 25.8 Å². The molecule has 0 radical (unpaired) electrons. The standard InChI is InChI=1S/C15H23N3O2/c1-15(2,14(20)17-3)10-18-13(19)9-6-11-4-7-12(16)8-5-11/h4-5,7-8H,6,9-10,16H2,1-3H3,(H,17,20)(H,18,19). The van der Waals surface area contributed by atoms with Crippen molar-refractivity contribution >= 4 is 17.5 Å². The molecule has 1 rings (SSSR count). The summed E-state index contributed by atoms with van der Waals surface area (Å²) >= 11 is 0. The van der Waals surface area contributed by atoms with Crippen LogP contribution in [-0.2, 0) is 16.0 Å². The number of rotatable bonds is 6. The van der Waals surface area contributed by atoms with Gasteiger partial charge in [-0.3, -0.25) is 9.59 Å². The number of hydrogen-bond donors (Lipinski definition) is 3. The first-order chi connectivity index (χ1) is 9.35. The van der Waals surface area contributed by atoms with E-state index in [-0.39, 0.29) is 11.8 Å². The molecule has 0 fully saturated rings. The Morgan fingerprint density at radius 1 is 1.20 bits per heavy atom. The molecule has 5 nitrogen and oxygen atoms in total. The van der Waals surface area contributed by atoms with Crippen molar-refractivity contribution in [1.82, 2.24) is 10.6 Å². The Bertz CT molecular complexity index is 467. The van der Waals surface area contributed by atoms with Gasteiger partial charge in [0.1, 0.15) is 0 Å². The zero-order valence-corrected chi connectivity index (χ0v) is 12.3. The van der Waals surface area contributed by atoms with Gasteiger partial charge in [-0.25, -0.2) is 0 Å². The van der Waals surface area contributed by atoms with Crippen LogP contribution in [0.5, 0.6) is 0 Å². The number of nitrogens with two attached hydrogens (primary N) is 1. The molecule has 0 bridgehead atoms. The fourth-order valence-electron chi connectivity index (χ4n) is 1.77. The van der Waals surface area contributed by atoms with E-state index in [1.165, 1.54) is 0 Å². The highest BCUT2D eigenvalue weighted by atomic mass is 16.2. The summed E-state index contributed by atoms with van der Waals surface area (Å²) in [5.41, 5.74) is 6.78. The summed E-state index contributed by atoms with van der Waals surface area (Å²) in [5, 5.41) is 5.39. The molecule has 110 valence electrons. The van der Waals surface area contributed by atoms with Crippen LogP contribution in [-0.4, -0.2) is 25.4 Å². The van der Waals surface area contributed by atoms with E-state index in [1.807, 2.05) is 24.3 Å². The highest BCUT2D eigenvalue weighted by molar-refractivity contribution is 5.83. The lowest BCUT2D eigenvalue weighted by Gasteiger charge is -2.22. The minimum atomic E-state index is -0.606. The second-order valence-electron chi connectivity index (χ2n) is 5.48. The van der Waals surface area contributed by atoms with Gasteiger partial charge in [-0.05, 0) is 38.0 Å². The second kappa shape index (κ2) is 6.93. The molecule has 1 aromatic rings. The highest BCUT2D eigenvalue weighted by Gasteiger charge is 2.26. The Labute approximate surface area is 119 Å². The molecular weight excluding hydrogens is 254 g/mol. The lowest BCUT2D eigenvalue weighted by atomic mass is 9.92. The number of benzene rings is 1. The van der Waals surface area contributed by atoms with E-state index in [0.29, 0.717) is 25.1 Å². The molecule has 2 amide bonds. The van der Waals surface area contributed by atoms with Gasteiger partial charge in [-0.2, -0.15) is 0 Å². The van der Waals surface area contributed by atoms with E-state index in [4.69, 9.17) is 5.73 Å². The van der Waals surface area contributed by atoms with Crippen molar-refractivity contribution in [1.29, 1.82) is 0 Å². The van der Waals surface area contributed by atoms with Crippen LogP contribution in [0.2, 0.25) is 0 Å². The first-order valence-corrected chi connectivity index (χ1v) is 6.68. The van der Waals surface area contributed by atoms with Crippen LogP contribution in [0.4, 0.5) is 5.69 Å². The molecule has 0 aliphatic heterocycles. The fourth-order valence-corrected chi connectivity index (χ4v) is 1.77. The van der Waals surface area contributed by atoms with Gasteiger partial charge in [0.15, 0.2) is 0 Å². The van der Waals surface area contributed by atoms with Gasteiger partial charge in [-0.15, -0.1) is 0 Å². The van der Waals surface area contributed by atoms with E-state index < -0.39 is 5.41 Å². The van der Waals surface area contributed by atoms with Crippen molar-refractivity contribution in [3.05, 3.63) is 29.8 Å². The molecule has 0 aromatic heterocycles. The first-order valence-electron chi connectivity index (χ1n) is 6.68. The lowest BCUT2D eigenvalue weighted by molar-refractivity contribution is -0.129. The maximum atomic E-state index is 11.8. The number of carbonyl (C=O) groups excluding carboxylic acids is 2. The maximum Gasteiger partial charge on any atom is 0.227 e. The minimum absolute atomic E-state index is 0.0567. The molecular formula is C15H23N3O2. The summed E-state index contributed by atoms with van der Waals surface area (Å²) in [6.45, 7) is 3.92. The molecule has 0 saturated carbocycles. The van der Waals surface area contributed by atoms with Crippen LogP contribution in [0.15, 0.2) is 24.3 Å². The molecule has 0 heterocycles.